The van der Waals surface area contributed by atoms with Gasteiger partial charge in [-0.15, -0.1) is 0 Å². The zero-order valence-corrected chi connectivity index (χ0v) is 11.0. The van der Waals surface area contributed by atoms with E-state index in [0.717, 1.165) is 41.6 Å². The van der Waals surface area contributed by atoms with Crippen molar-refractivity contribution in [1.82, 2.24) is 15.3 Å². The van der Waals surface area contributed by atoms with Crippen LogP contribution in [0.25, 0.3) is 11.3 Å². The molecular weight excluding hydrogens is 246 g/mol. The maximum atomic E-state index is 5.93. The zero-order valence-electron chi connectivity index (χ0n) is 10.2. The lowest BCUT2D eigenvalue weighted by Gasteiger charge is -2.19. The molecule has 1 N–H and O–H groups in total. The number of nitrogens with one attached hydrogen (secondary N) is 1. The Hall–Kier alpha value is -1.45. The molecule has 92 valence electrons. The Balaban J connectivity index is 2.16. The van der Waals surface area contributed by atoms with E-state index >= 15 is 0 Å². The monoisotopic (exact) mass is 259 g/mol. The van der Waals surface area contributed by atoms with E-state index in [0.29, 0.717) is 0 Å². The predicted octanol–water partition coefficient (Wildman–Crippen LogP) is 2.75. The van der Waals surface area contributed by atoms with Crippen molar-refractivity contribution in [2.24, 2.45) is 0 Å². The maximum Gasteiger partial charge on any atom is 0.126 e. The van der Waals surface area contributed by atoms with Gasteiger partial charge in [-0.3, -0.25) is 0 Å². The van der Waals surface area contributed by atoms with Gasteiger partial charge >= 0.3 is 0 Å². The van der Waals surface area contributed by atoms with Crippen LogP contribution in [0.3, 0.4) is 0 Å². The fourth-order valence-corrected chi connectivity index (χ4v) is 2.44. The molecule has 1 aliphatic heterocycles. The lowest BCUT2D eigenvalue weighted by Crippen LogP contribution is -2.26. The molecule has 2 aromatic rings. The lowest BCUT2D eigenvalue weighted by molar-refractivity contribution is 0.624. The first-order valence-corrected chi connectivity index (χ1v) is 6.45. The standard InChI is InChI=1S/C14H14ClN3/c1-9-17-13-6-7-16-8-12(13)14(18-9)10-2-4-11(15)5-3-10/h2-5,16H,6-8H2,1H3. The smallest absolute Gasteiger partial charge is 0.126 e. The highest BCUT2D eigenvalue weighted by Gasteiger charge is 2.17. The largest absolute Gasteiger partial charge is 0.312 e. The molecule has 4 heteroatoms. The summed E-state index contributed by atoms with van der Waals surface area (Å²) in [5.41, 5.74) is 4.52. The summed E-state index contributed by atoms with van der Waals surface area (Å²) in [7, 11) is 0. The zero-order chi connectivity index (χ0) is 12.5. The van der Waals surface area contributed by atoms with Gasteiger partial charge in [0.15, 0.2) is 0 Å². The minimum atomic E-state index is 0.747. The van der Waals surface area contributed by atoms with Crippen molar-refractivity contribution in [2.75, 3.05) is 6.54 Å². The summed E-state index contributed by atoms with van der Waals surface area (Å²) in [4.78, 5) is 9.13. The van der Waals surface area contributed by atoms with E-state index in [2.05, 4.69) is 15.3 Å². The summed E-state index contributed by atoms with van der Waals surface area (Å²) in [5, 5.41) is 4.12. The molecule has 1 aromatic heterocycles. The third-order valence-corrected chi connectivity index (χ3v) is 3.41. The van der Waals surface area contributed by atoms with Crippen LogP contribution >= 0.6 is 11.6 Å². The van der Waals surface area contributed by atoms with Crippen molar-refractivity contribution in [3.63, 3.8) is 0 Å². The van der Waals surface area contributed by atoms with E-state index in [1.807, 2.05) is 31.2 Å². The Kier molecular flexibility index (Phi) is 3.02. The van der Waals surface area contributed by atoms with Gasteiger partial charge in [-0.25, -0.2) is 9.97 Å². The van der Waals surface area contributed by atoms with Crippen molar-refractivity contribution in [3.05, 3.63) is 46.4 Å². The van der Waals surface area contributed by atoms with Crippen LogP contribution in [0.5, 0.6) is 0 Å². The predicted molar refractivity (Wildman–Crippen MR) is 72.6 cm³/mol. The molecule has 0 unspecified atom stereocenters. The molecule has 3 rings (SSSR count). The number of hydrogen-bond donors (Lipinski definition) is 1. The summed E-state index contributed by atoms with van der Waals surface area (Å²) in [5.74, 6) is 0.834. The summed E-state index contributed by atoms with van der Waals surface area (Å²) < 4.78 is 0. The second-order valence-corrected chi connectivity index (χ2v) is 4.91. The molecule has 3 nitrogen and oxygen atoms in total. The van der Waals surface area contributed by atoms with E-state index in [-0.39, 0.29) is 0 Å². The molecular formula is C14H14ClN3. The first-order valence-electron chi connectivity index (χ1n) is 6.07. The van der Waals surface area contributed by atoms with Crippen molar-refractivity contribution in [2.45, 2.75) is 19.9 Å². The van der Waals surface area contributed by atoms with Gasteiger partial charge < -0.3 is 5.32 Å². The molecule has 18 heavy (non-hydrogen) atoms. The minimum Gasteiger partial charge on any atom is -0.312 e. The highest BCUT2D eigenvalue weighted by Crippen LogP contribution is 2.26. The Morgan fingerprint density at radius 3 is 2.72 bits per heavy atom. The summed E-state index contributed by atoms with van der Waals surface area (Å²) in [6.45, 7) is 3.78. The fourth-order valence-electron chi connectivity index (χ4n) is 2.31. The molecule has 0 amide bonds. The Labute approximate surface area is 111 Å². The van der Waals surface area contributed by atoms with E-state index in [4.69, 9.17) is 11.6 Å². The second-order valence-electron chi connectivity index (χ2n) is 4.48. The van der Waals surface area contributed by atoms with Crippen LogP contribution in [0.2, 0.25) is 5.02 Å². The molecule has 1 aliphatic rings. The van der Waals surface area contributed by atoms with Gasteiger partial charge in [0.1, 0.15) is 5.82 Å². The number of aromatic nitrogens is 2. The SMILES string of the molecule is Cc1nc2c(c(-c3ccc(Cl)cc3)n1)CNCC2. The molecule has 0 saturated heterocycles. The Morgan fingerprint density at radius 1 is 1.17 bits per heavy atom. The van der Waals surface area contributed by atoms with Crippen LogP contribution in [-0.4, -0.2) is 16.5 Å². The normalized spacial score (nSPS) is 14.3. The van der Waals surface area contributed by atoms with E-state index in [1.165, 1.54) is 11.3 Å². The van der Waals surface area contributed by atoms with Gasteiger partial charge in [0.2, 0.25) is 0 Å². The highest BCUT2D eigenvalue weighted by molar-refractivity contribution is 6.30. The van der Waals surface area contributed by atoms with Crippen molar-refractivity contribution >= 4 is 11.6 Å². The minimum absolute atomic E-state index is 0.747. The molecule has 0 bridgehead atoms. The van der Waals surface area contributed by atoms with Crippen molar-refractivity contribution in [1.29, 1.82) is 0 Å². The number of benzene rings is 1. The lowest BCUT2D eigenvalue weighted by atomic mass is 10.0. The van der Waals surface area contributed by atoms with Crippen molar-refractivity contribution < 1.29 is 0 Å². The molecule has 1 aromatic carbocycles. The van der Waals surface area contributed by atoms with Gasteiger partial charge in [0.05, 0.1) is 11.4 Å². The van der Waals surface area contributed by atoms with Crippen molar-refractivity contribution in [3.8, 4) is 11.3 Å². The van der Waals surface area contributed by atoms with Gasteiger partial charge in [0, 0.05) is 35.7 Å². The van der Waals surface area contributed by atoms with Crippen LogP contribution in [0.4, 0.5) is 0 Å². The highest BCUT2D eigenvalue weighted by atomic mass is 35.5. The quantitative estimate of drug-likeness (QED) is 0.856. The number of rotatable bonds is 1. The van der Waals surface area contributed by atoms with E-state index in [1.54, 1.807) is 0 Å². The molecule has 0 saturated carbocycles. The molecule has 2 heterocycles. The topological polar surface area (TPSA) is 37.8 Å². The fraction of sp³-hybridized carbons (Fsp3) is 0.286. The summed E-state index contributed by atoms with van der Waals surface area (Å²) >= 11 is 5.93. The number of hydrogen-bond acceptors (Lipinski definition) is 3. The average molecular weight is 260 g/mol. The Bertz CT molecular complexity index is 578. The average Bonchev–Trinajstić information content (AvgIpc) is 2.38. The molecule has 0 fully saturated rings. The number of fused-ring (bicyclic) bond motifs is 1. The Morgan fingerprint density at radius 2 is 1.94 bits per heavy atom. The third kappa shape index (κ3) is 2.11. The molecule has 0 spiro atoms. The third-order valence-electron chi connectivity index (χ3n) is 3.16. The molecule has 0 aliphatic carbocycles. The first kappa shape index (κ1) is 11.6. The van der Waals surface area contributed by atoms with Crippen LogP contribution in [0.1, 0.15) is 17.1 Å². The summed E-state index contributed by atoms with van der Waals surface area (Å²) in [6.07, 6.45) is 0.972. The van der Waals surface area contributed by atoms with Crippen LogP contribution in [0, 0.1) is 6.92 Å². The van der Waals surface area contributed by atoms with E-state index in [9.17, 15) is 0 Å². The second kappa shape index (κ2) is 4.67. The number of nitrogens with zero attached hydrogens (tertiary/aromatic N) is 2. The van der Waals surface area contributed by atoms with Gasteiger partial charge in [0.25, 0.3) is 0 Å². The molecule has 0 atom stereocenters. The molecule has 0 radical (unpaired) electrons. The first-order chi connectivity index (χ1) is 8.74. The van der Waals surface area contributed by atoms with Gasteiger partial charge in [-0.2, -0.15) is 0 Å². The van der Waals surface area contributed by atoms with Crippen LogP contribution < -0.4 is 5.32 Å². The number of aryl methyl sites for hydroxylation is 1. The number of halogens is 1. The van der Waals surface area contributed by atoms with Crippen LogP contribution in [-0.2, 0) is 13.0 Å². The van der Waals surface area contributed by atoms with Gasteiger partial charge in [-0.05, 0) is 19.1 Å². The maximum absolute atomic E-state index is 5.93. The van der Waals surface area contributed by atoms with Gasteiger partial charge in [-0.1, -0.05) is 23.7 Å². The summed E-state index contributed by atoms with van der Waals surface area (Å²) in [6, 6.07) is 7.83. The van der Waals surface area contributed by atoms with Crippen LogP contribution in [0.15, 0.2) is 24.3 Å². The van der Waals surface area contributed by atoms with E-state index < -0.39 is 0 Å².